The van der Waals surface area contributed by atoms with Crippen molar-refractivity contribution in [2.24, 2.45) is 11.1 Å². The summed E-state index contributed by atoms with van der Waals surface area (Å²) >= 11 is 0. The Labute approximate surface area is 133 Å². The first-order valence-corrected chi connectivity index (χ1v) is 6.74. The van der Waals surface area contributed by atoms with E-state index < -0.39 is 29.4 Å². The average molecular weight is 346 g/mol. The van der Waals surface area contributed by atoms with Crippen LogP contribution < -0.4 is 11.1 Å². The summed E-state index contributed by atoms with van der Waals surface area (Å²) in [6, 6.07) is 0.991. The quantitative estimate of drug-likeness (QED) is 0.610. The molecule has 130 valence electrons. The predicted octanol–water partition coefficient (Wildman–Crippen LogP) is 0.788. The van der Waals surface area contributed by atoms with Crippen LogP contribution in [0, 0.1) is 5.41 Å². The number of nitrogens with one attached hydrogen (secondary N) is 1. The number of esters is 2. The summed E-state index contributed by atoms with van der Waals surface area (Å²) in [5.41, 5.74) is 3.85. The minimum atomic E-state index is -5.23. The van der Waals surface area contributed by atoms with Crippen LogP contribution in [0.15, 0.2) is 12.3 Å². The highest BCUT2D eigenvalue weighted by molar-refractivity contribution is 5.92. The Hall–Kier alpha value is -2.72. The summed E-state index contributed by atoms with van der Waals surface area (Å²) < 4.78 is 40.1. The van der Waals surface area contributed by atoms with E-state index in [1.54, 1.807) is 0 Å². The van der Waals surface area contributed by atoms with Crippen molar-refractivity contribution >= 4 is 23.8 Å². The topological polar surface area (TPSA) is 124 Å². The SMILES string of the molecule is CC1(C(=O)OC(=O)C(F)(F)F)CC(Nc2nccc(C(N)=O)n2)C1. The molecule has 1 heterocycles. The summed E-state index contributed by atoms with van der Waals surface area (Å²) in [6.07, 6.45) is -3.69. The van der Waals surface area contributed by atoms with Gasteiger partial charge in [0.25, 0.3) is 5.91 Å². The fourth-order valence-electron chi connectivity index (χ4n) is 2.31. The summed E-state index contributed by atoms with van der Waals surface area (Å²) in [7, 11) is 0. The third kappa shape index (κ3) is 3.78. The van der Waals surface area contributed by atoms with Crippen molar-refractivity contribution in [1.29, 1.82) is 0 Å². The fourth-order valence-corrected chi connectivity index (χ4v) is 2.31. The molecular weight excluding hydrogens is 333 g/mol. The summed E-state index contributed by atoms with van der Waals surface area (Å²) in [4.78, 5) is 41.1. The first kappa shape index (κ1) is 17.6. The van der Waals surface area contributed by atoms with Crippen molar-refractivity contribution < 1.29 is 32.3 Å². The zero-order valence-electron chi connectivity index (χ0n) is 12.4. The number of hydrogen-bond donors (Lipinski definition) is 2. The molecule has 0 saturated heterocycles. The molecule has 0 radical (unpaired) electrons. The molecule has 24 heavy (non-hydrogen) atoms. The van der Waals surface area contributed by atoms with Crippen LogP contribution in [0.3, 0.4) is 0 Å². The molecule has 1 saturated carbocycles. The monoisotopic (exact) mass is 346 g/mol. The Morgan fingerprint density at radius 3 is 2.54 bits per heavy atom. The average Bonchev–Trinajstić information content (AvgIpc) is 2.44. The molecule has 1 aromatic heterocycles. The number of nitrogens with two attached hydrogens (primary N) is 1. The lowest BCUT2D eigenvalue weighted by Gasteiger charge is -2.42. The number of primary amides is 1. The van der Waals surface area contributed by atoms with E-state index in [2.05, 4.69) is 20.0 Å². The Bertz CT molecular complexity index is 686. The van der Waals surface area contributed by atoms with E-state index in [0.29, 0.717) is 0 Å². The molecule has 0 bridgehead atoms. The van der Waals surface area contributed by atoms with E-state index in [0.717, 1.165) is 0 Å². The molecule has 1 aliphatic rings. The number of ether oxygens (including phenoxy) is 1. The van der Waals surface area contributed by atoms with Gasteiger partial charge in [-0.25, -0.2) is 14.8 Å². The molecule has 1 amide bonds. The van der Waals surface area contributed by atoms with Gasteiger partial charge in [-0.1, -0.05) is 0 Å². The standard InChI is InChI=1S/C13H13F3N4O4/c1-12(9(22)24-10(23)13(14,15)16)4-6(5-12)19-11-18-3-2-7(20-11)8(17)21/h2-3,6H,4-5H2,1H3,(H2,17,21)(H,18,19,20). The maximum Gasteiger partial charge on any atom is 0.491 e. The molecule has 11 heteroatoms. The van der Waals surface area contributed by atoms with E-state index >= 15 is 0 Å². The number of alkyl halides is 3. The zero-order chi connectivity index (χ0) is 18.1. The molecule has 1 aliphatic carbocycles. The van der Waals surface area contributed by atoms with Crippen LogP contribution in [0.25, 0.3) is 0 Å². The maximum atomic E-state index is 12.1. The minimum absolute atomic E-state index is 0.00947. The molecule has 0 unspecified atom stereocenters. The summed E-state index contributed by atoms with van der Waals surface area (Å²) in [6.45, 7) is 1.39. The van der Waals surface area contributed by atoms with E-state index in [1.807, 2.05) is 0 Å². The lowest BCUT2D eigenvalue weighted by Crippen LogP contribution is -2.50. The van der Waals surface area contributed by atoms with Gasteiger partial charge in [-0.05, 0) is 25.8 Å². The Balaban J connectivity index is 1.92. The highest BCUT2D eigenvalue weighted by atomic mass is 19.4. The number of rotatable bonds is 4. The molecule has 2 rings (SSSR count). The third-order valence-electron chi connectivity index (χ3n) is 3.54. The first-order chi connectivity index (χ1) is 11.0. The van der Waals surface area contributed by atoms with Crippen LogP contribution in [0.2, 0.25) is 0 Å². The van der Waals surface area contributed by atoms with Gasteiger partial charge in [0.2, 0.25) is 5.95 Å². The smallest absolute Gasteiger partial charge is 0.386 e. The second-order valence-corrected chi connectivity index (χ2v) is 5.61. The molecular formula is C13H13F3N4O4. The highest BCUT2D eigenvalue weighted by Gasteiger charge is 2.51. The van der Waals surface area contributed by atoms with Crippen LogP contribution in [0.4, 0.5) is 19.1 Å². The van der Waals surface area contributed by atoms with Gasteiger partial charge >= 0.3 is 18.1 Å². The number of amides is 1. The maximum absolute atomic E-state index is 12.1. The lowest BCUT2D eigenvalue weighted by molar-refractivity contribution is -0.206. The molecule has 0 atom stereocenters. The van der Waals surface area contributed by atoms with Gasteiger partial charge in [0, 0.05) is 12.2 Å². The van der Waals surface area contributed by atoms with E-state index in [4.69, 9.17) is 5.73 Å². The Kier molecular flexibility index (Phi) is 4.45. The molecule has 0 spiro atoms. The van der Waals surface area contributed by atoms with Crippen LogP contribution in [0.1, 0.15) is 30.3 Å². The first-order valence-electron chi connectivity index (χ1n) is 6.74. The predicted molar refractivity (Wildman–Crippen MR) is 72.5 cm³/mol. The second kappa shape index (κ2) is 6.06. The number of anilines is 1. The third-order valence-corrected chi connectivity index (χ3v) is 3.54. The van der Waals surface area contributed by atoms with Crippen molar-refractivity contribution in [3.63, 3.8) is 0 Å². The Morgan fingerprint density at radius 1 is 1.38 bits per heavy atom. The fraction of sp³-hybridized carbons (Fsp3) is 0.462. The largest absolute Gasteiger partial charge is 0.491 e. The molecule has 0 aliphatic heterocycles. The van der Waals surface area contributed by atoms with Gasteiger partial charge in [-0.3, -0.25) is 9.59 Å². The molecule has 0 aromatic carbocycles. The van der Waals surface area contributed by atoms with Crippen molar-refractivity contribution in [2.75, 3.05) is 5.32 Å². The van der Waals surface area contributed by atoms with Crippen molar-refractivity contribution in [1.82, 2.24) is 9.97 Å². The van der Waals surface area contributed by atoms with Gasteiger partial charge in [-0.15, -0.1) is 0 Å². The molecule has 8 nitrogen and oxygen atoms in total. The lowest BCUT2D eigenvalue weighted by atomic mass is 9.67. The van der Waals surface area contributed by atoms with Gasteiger partial charge in [-0.2, -0.15) is 13.2 Å². The molecule has 3 N–H and O–H groups in total. The summed E-state index contributed by atoms with van der Waals surface area (Å²) in [5.74, 6) is -4.43. The van der Waals surface area contributed by atoms with Crippen molar-refractivity contribution in [2.45, 2.75) is 32.0 Å². The molecule has 1 aromatic rings. The number of carbonyl (C=O) groups excluding carboxylic acids is 3. The minimum Gasteiger partial charge on any atom is -0.386 e. The van der Waals surface area contributed by atoms with E-state index in [1.165, 1.54) is 19.2 Å². The number of aromatic nitrogens is 2. The highest BCUT2D eigenvalue weighted by Crippen LogP contribution is 2.43. The van der Waals surface area contributed by atoms with Gasteiger partial charge in [0.15, 0.2) is 0 Å². The normalized spacial score (nSPS) is 23.1. The van der Waals surface area contributed by atoms with E-state index in [9.17, 15) is 27.6 Å². The Morgan fingerprint density at radius 2 is 2.00 bits per heavy atom. The second-order valence-electron chi connectivity index (χ2n) is 5.61. The summed E-state index contributed by atoms with van der Waals surface area (Å²) in [5, 5.41) is 2.82. The van der Waals surface area contributed by atoms with Crippen LogP contribution >= 0.6 is 0 Å². The zero-order valence-corrected chi connectivity index (χ0v) is 12.4. The van der Waals surface area contributed by atoms with Crippen LogP contribution in [-0.4, -0.2) is 40.0 Å². The van der Waals surface area contributed by atoms with Crippen molar-refractivity contribution in [3.8, 4) is 0 Å². The van der Waals surface area contributed by atoms with Crippen molar-refractivity contribution in [3.05, 3.63) is 18.0 Å². The van der Waals surface area contributed by atoms with Crippen LogP contribution in [-0.2, 0) is 14.3 Å². The number of nitrogens with zero attached hydrogens (tertiary/aromatic N) is 2. The number of halogens is 3. The number of hydrogen-bond acceptors (Lipinski definition) is 7. The van der Waals surface area contributed by atoms with Gasteiger partial charge in [0.1, 0.15) is 5.69 Å². The van der Waals surface area contributed by atoms with Gasteiger partial charge < -0.3 is 15.8 Å². The molecule has 1 fully saturated rings. The van der Waals surface area contributed by atoms with Crippen LogP contribution in [0.5, 0.6) is 0 Å². The van der Waals surface area contributed by atoms with Gasteiger partial charge in [0.05, 0.1) is 5.41 Å². The number of carbonyl (C=O) groups is 3. The van der Waals surface area contributed by atoms with E-state index in [-0.39, 0.29) is 30.5 Å².